The van der Waals surface area contributed by atoms with E-state index < -0.39 is 5.97 Å². The molecule has 2 N–H and O–H groups in total. The van der Waals surface area contributed by atoms with Crippen LogP contribution in [0.5, 0.6) is 0 Å². The molecule has 0 spiro atoms. The van der Waals surface area contributed by atoms with Crippen molar-refractivity contribution < 1.29 is 14.7 Å². The van der Waals surface area contributed by atoms with Crippen molar-refractivity contribution in [3.05, 3.63) is 11.6 Å². The number of aliphatic carboxylic acids is 1. The van der Waals surface area contributed by atoms with Gasteiger partial charge < -0.3 is 10.4 Å². The molecule has 0 aliphatic carbocycles. The number of hydrogen-bond donors (Lipinski definition) is 2. The fourth-order valence-corrected chi connectivity index (χ4v) is 1.50. The summed E-state index contributed by atoms with van der Waals surface area (Å²) in [6.45, 7) is 1.54. The smallest absolute Gasteiger partial charge is 0.331 e. The van der Waals surface area contributed by atoms with Crippen LogP contribution in [0.4, 0.5) is 0 Å². The van der Waals surface area contributed by atoms with Crippen LogP contribution in [0.25, 0.3) is 0 Å². The standard InChI is InChI=1S/C10H15NO3/c1-7(10(13)14)6-8-4-2-3-5-9(12)11-8/h6,8H,2-5H2,1H3,(H,11,12)(H,13,14). The first-order valence-corrected chi connectivity index (χ1v) is 4.80. The second-order valence-corrected chi connectivity index (χ2v) is 3.57. The molecule has 4 heteroatoms. The van der Waals surface area contributed by atoms with Gasteiger partial charge in [-0.2, -0.15) is 0 Å². The molecule has 0 aromatic carbocycles. The van der Waals surface area contributed by atoms with Crippen molar-refractivity contribution in [1.29, 1.82) is 0 Å². The molecule has 0 bridgehead atoms. The second-order valence-electron chi connectivity index (χ2n) is 3.57. The lowest BCUT2D eigenvalue weighted by Crippen LogP contribution is -2.31. The van der Waals surface area contributed by atoms with Crippen molar-refractivity contribution >= 4 is 11.9 Å². The minimum Gasteiger partial charge on any atom is -0.478 e. The van der Waals surface area contributed by atoms with Crippen molar-refractivity contribution in [2.45, 2.75) is 38.6 Å². The minimum absolute atomic E-state index is 0.0157. The number of carboxylic acid groups (broad SMARTS) is 1. The summed E-state index contributed by atoms with van der Waals surface area (Å²) in [5, 5.41) is 11.5. The van der Waals surface area contributed by atoms with E-state index in [9.17, 15) is 9.59 Å². The number of carbonyl (C=O) groups is 2. The van der Waals surface area contributed by atoms with E-state index in [2.05, 4.69) is 5.32 Å². The van der Waals surface area contributed by atoms with Gasteiger partial charge in [0.2, 0.25) is 5.91 Å². The summed E-state index contributed by atoms with van der Waals surface area (Å²) >= 11 is 0. The Bertz CT molecular complexity index is 271. The first-order valence-electron chi connectivity index (χ1n) is 4.80. The highest BCUT2D eigenvalue weighted by Gasteiger charge is 2.15. The molecule has 1 aliphatic heterocycles. The quantitative estimate of drug-likeness (QED) is 0.651. The van der Waals surface area contributed by atoms with Gasteiger partial charge in [-0.15, -0.1) is 0 Å². The Balaban J connectivity index is 2.62. The van der Waals surface area contributed by atoms with E-state index >= 15 is 0 Å². The molecule has 0 saturated carbocycles. The highest BCUT2D eigenvalue weighted by Crippen LogP contribution is 2.11. The Hall–Kier alpha value is -1.32. The highest BCUT2D eigenvalue weighted by molar-refractivity contribution is 5.86. The molecule has 1 saturated heterocycles. The monoisotopic (exact) mass is 197 g/mol. The lowest BCUT2D eigenvalue weighted by Gasteiger charge is -2.11. The Kier molecular flexibility index (Phi) is 3.68. The summed E-state index contributed by atoms with van der Waals surface area (Å²) < 4.78 is 0. The van der Waals surface area contributed by atoms with Crippen LogP contribution in [0.3, 0.4) is 0 Å². The lowest BCUT2D eigenvalue weighted by molar-refractivity contribution is -0.132. The molecule has 0 radical (unpaired) electrons. The fourth-order valence-electron chi connectivity index (χ4n) is 1.50. The number of rotatable bonds is 2. The van der Waals surface area contributed by atoms with Gasteiger partial charge in [0.15, 0.2) is 0 Å². The van der Waals surface area contributed by atoms with Crippen molar-refractivity contribution in [2.75, 3.05) is 0 Å². The molecule has 1 amide bonds. The van der Waals surface area contributed by atoms with Crippen LogP contribution in [0.1, 0.15) is 32.6 Å². The van der Waals surface area contributed by atoms with Gasteiger partial charge in [-0.25, -0.2) is 4.79 Å². The van der Waals surface area contributed by atoms with Crippen molar-refractivity contribution in [3.8, 4) is 0 Å². The normalized spacial score (nSPS) is 23.9. The average molecular weight is 197 g/mol. The molecule has 0 aromatic rings. The predicted molar refractivity (Wildman–Crippen MR) is 51.8 cm³/mol. The molecule has 1 rings (SSSR count). The predicted octanol–water partition coefficient (Wildman–Crippen LogP) is 1.08. The Morgan fingerprint density at radius 2 is 2.29 bits per heavy atom. The van der Waals surface area contributed by atoms with Crippen LogP contribution in [-0.4, -0.2) is 23.0 Å². The molecule has 1 fully saturated rings. The van der Waals surface area contributed by atoms with Crippen molar-refractivity contribution in [2.24, 2.45) is 0 Å². The summed E-state index contributed by atoms with van der Waals surface area (Å²) in [7, 11) is 0. The second kappa shape index (κ2) is 4.79. The number of carbonyl (C=O) groups excluding carboxylic acids is 1. The first kappa shape index (κ1) is 10.8. The first-order chi connectivity index (χ1) is 6.59. The van der Waals surface area contributed by atoms with Gasteiger partial charge >= 0.3 is 5.97 Å². The van der Waals surface area contributed by atoms with Crippen LogP contribution in [-0.2, 0) is 9.59 Å². The lowest BCUT2D eigenvalue weighted by atomic mass is 10.1. The summed E-state index contributed by atoms with van der Waals surface area (Å²) in [4.78, 5) is 21.7. The summed E-state index contributed by atoms with van der Waals surface area (Å²) in [5.41, 5.74) is 0.289. The number of amides is 1. The maximum absolute atomic E-state index is 11.2. The molecule has 4 nitrogen and oxygen atoms in total. The molecular weight excluding hydrogens is 182 g/mol. The van der Waals surface area contributed by atoms with Gasteiger partial charge in [0, 0.05) is 18.0 Å². The van der Waals surface area contributed by atoms with Crippen LogP contribution >= 0.6 is 0 Å². The number of nitrogens with one attached hydrogen (secondary N) is 1. The van der Waals surface area contributed by atoms with Gasteiger partial charge in [-0.05, 0) is 19.8 Å². The largest absolute Gasteiger partial charge is 0.478 e. The van der Waals surface area contributed by atoms with E-state index in [1.54, 1.807) is 13.0 Å². The van der Waals surface area contributed by atoms with E-state index in [0.29, 0.717) is 6.42 Å². The Labute approximate surface area is 83.0 Å². The van der Waals surface area contributed by atoms with Gasteiger partial charge in [0.25, 0.3) is 0 Å². The molecule has 14 heavy (non-hydrogen) atoms. The third-order valence-corrected chi connectivity index (χ3v) is 2.30. The van der Waals surface area contributed by atoms with Crippen molar-refractivity contribution in [3.63, 3.8) is 0 Å². The molecule has 78 valence electrons. The van der Waals surface area contributed by atoms with Crippen LogP contribution < -0.4 is 5.32 Å². The molecule has 1 aliphatic rings. The van der Waals surface area contributed by atoms with E-state index in [-0.39, 0.29) is 17.5 Å². The van der Waals surface area contributed by atoms with Gasteiger partial charge in [-0.3, -0.25) is 4.79 Å². The zero-order valence-electron chi connectivity index (χ0n) is 8.25. The van der Waals surface area contributed by atoms with E-state index in [4.69, 9.17) is 5.11 Å². The van der Waals surface area contributed by atoms with Gasteiger partial charge in [-0.1, -0.05) is 12.5 Å². The zero-order chi connectivity index (χ0) is 10.6. The third kappa shape index (κ3) is 3.20. The Morgan fingerprint density at radius 1 is 1.57 bits per heavy atom. The maximum atomic E-state index is 11.2. The Morgan fingerprint density at radius 3 is 2.93 bits per heavy atom. The SMILES string of the molecule is CC(=CC1CCCCC(=O)N1)C(=O)O. The van der Waals surface area contributed by atoms with E-state index in [1.807, 2.05) is 0 Å². The topological polar surface area (TPSA) is 66.4 Å². The summed E-state index contributed by atoms with van der Waals surface area (Å²) in [6.07, 6.45) is 4.85. The van der Waals surface area contributed by atoms with E-state index in [1.165, 1.54) is 0 Å². The third-order valence-electron chi connectivity index (χ3n) is 2.30. The average Bonchev–Trinajstić information content (AvgIpc) is 2.29. The molecular formula is C10H15NO3. The zero-order valence-corrected chi connectivity index (χ0v) is 8.25. The minimum atomic E-state index is -0.927. The van der Waals surface area contributed by atoms with Crippen LogP contribution in [0.2, 0.25) is 0 Å². The summed E-state index contributed by atoms with van der Waals surface area (Å²) in [6, 6.07) is -0.110. The molecule has 1 heterocycles. The molecule has 0 aromatic heterocycles. The summed E-state index contributed by atoms with van der Waals surface area (Å²) in [5.74, 6) is -0.912. The van der Waals surface area contributed by atoms with Gasteiger partial charge in [0.05, 0.1) is 0 Å². The molecule has 1 unspecified atom stereocenters. The van der Waals surface area contributed by atoms with Crippen LogP contribution in [0.15, 0.2) is 11.6 Å². The van der Waals surface area contributed by atoms with Crippen molar-refractivity contribution in [1.82, 2.24) is 5.32 Å². The van der Waals surface area contributed by atoms with Gasteiger partial charge in [0.1, 0.15) is 0 Å². The van der Waals surface area contributed by atoms with E-state index in [0.717, 1.165) is 19.3 Å². The highest BCUT2D eigenvalue weighted by atomic mass is 16.4. The fraction of sp³-hybridized carbons (Fsp3) is 0.600. The maximum Gasteiger partial charge on any atom is 0.331 e. The number of carboxylic acids is 1. The molecule has 1 atom stereocenters. The van der Waals surface area contributed by atoms with Crippen LogP contribution in [0, 0.1) is 0 Å². The number of hydrogen-bond acceptors (Lipinski definition) is 2.